The lowest BCUT2D eigenvalue weighted by molar-refractivity contribution is -0.258. The number of aliphatic hydroxyl groups is 2. The number of aliphatic hydroxyl groups excluding tert-OH is 2. The van der Waals surface area contributed by atoms with Crippen LogP contribution in [0.15, 0.2) is 84.1 Å². The summed E-state index contributed by atoms with van der Waals surface area (Å²) in [5.41, 5.74) is 3.89. The van der Waals surface area contributed by atoms with Gasteiger partial charge in [0.1, 0.15) is 35.6 Å². The van der Waals surface area contributed by atoms with Gasteiger partial charge in [-0.1, -0.05) is 61.9 Å². The molecule has 0 spiro atoms. The number of benzene rings is 3. The third-order valence-corrected chi connectivity index (χ3v) is 14.2. The fourth-order valence-electron chi connectivity index (χ4n) is 11.2. The average molecular weight is 907 g/mol. The Hall–Kier alpha value is -5.37. The van der Waals surface area contributed by atoms with Crippen LogP contribution in [0.25, 0.3) is 0 Å². The molecular formula is C53H66N2O11. The molecule has 66 heavy (non-hydrogen) atoms. The van der Waals surface area contributed by atoms with Crippen LogP contribution in [-0.4, -0.2) is 85.2 Å². The fraction of sp³-hybridized carbons (Fsp3) is 0.528. The van der Waals surface area contributed by atoms with Crippen molar-refractivity contribution in [3.8, 4) is 34.5 Å². The molecule has 6 atom stereocenters. The average Bonchev–Trinajstić information content (AvgIpc) is 4.05. The first kappa shape index (κ1) is 47.1. The summed E-state index contributed by atoms with van der Waals surface area (Å²) < 4.78 is 38.1. The molecule has 1 amide bonds. The second kappa shape index (κ2) is 22.0. The van der Waals surface area contributed by atoms with Crippen molar-refractivity contribution in [2.24, 2.45) is 28.8 Å². The minimum absolute atomic E-state index is 0.00963. The fourth-order valence-corrected chi connectivity index (χ4v) is 11.2. The molecule has 2 saturated carbocycles. The first-order valence-corrected chi connectivity index (χ1v) is 24.0. The van der Waals surface area contributed by atoms with E-state index in [0.717, 1.165) is 73.6 Å². The van der Waals surface area contributed by atoms with Crippen molar-refractivity contribution in [1.82, 2.24) is 4.90 Å². The number of rotatable bonds is 23. The second-order valence-electron chi connectivity index (χ2n) is 18.2. The maximum atomic E-state index is 15.2. The van der Waals surface area contributed by atoms with Crippen molar-refractivity contribution in [1.29, 1.82) is 0 Å². The van der Waals surface area contributed by atoms with Gasteiger partial charge in [0.15, 0.2) is 17.8 Å². The third-order valence-electron chi connectivity index (χ3n) is 14.2. The van der Waals surface area contributed by atoms with Crippen LogP contribution < -0.4 is 23.7 Å². The van der Waals surface area contributed by atoms with Crippen molar-refractivity contribution >= 4 is 17.9 Å². The molecule has 0 aromatic heterocycles. The molecule has 0 bridgehead atoms. The normalized spacial score (nSPS) is 24.5. The van der Waals surface area contributed by atoms with Crippen LogP contribution in [0.2, 0.25) is 0 Å². The van der Waals surface area contributed by atoms with Crippen molar-refractivity contribution in [2.45, 2.75) is 115 Å². The lowest BCUT2D eigenvalue weighted by atomic mass is 9.55. The van der Waals surface area contributed by atoms with E-state index in [1.54, 1.807) is 24.3 Å². The molecule has 3 aliphatic carbocycles. The number of ether oxygens (including phenoxy) is 6. The highest BCUT2D eigenvalue weighted by molar-refractivity contribution is 6.03. The Labute approximate surface area is 388 Å². The Morgan fingerprint density at radius 1 is 0.939 bits per heavy atom. The van der Waals surface area contributed by atoms with Gasteiger partial charge in [0.05, 0.1) is 30.9 Å². The number of allylic oxidation sites excluding steroid dienone is 1. The van der Waals surface area contributed by atoms with Gasteiger partial charge in [0.2, 0.25) is 18.5 Å². The van der Waals surface area contributed by atoms with Gasteiger partial charge in [-0.3, -0.25) is 9.59 Å². The maximum absolute atomic E-state index is 15.2. The minimum atomic E-state index is -1.41. The zero-order valence-electron chi connectivity index (χ0n) is 38.5. The molecule has 13 heteroatoms. The highest BCUT2D eigenvalue weighted by atomic mass is 16.7. The van der Waals surface area contributed by atoms with Gasteiger partial charge in [-0.15, -0.1) is 6.58 Å². The van der Waals surface area contributed by atoms with E-state index in [1.165, 1.54) is 20.0 Å². The third kappa shape index (κ3) is 9.99. The smallest absolute Gasteiger partial charge is 0.239 e. The highest BCUT2D eigenvalue weighted by Gasteiger charge is 2.65. The first-order chi connectivity index (χ1) is 32.3. The predicted octanol–water partition coefficient (Wildman–Crippen LogP) is 9.68. The summed E-state index contributed by atoms with van der Waals surface area (Å²) in [5.74, 6) is 1.90. The Bertz CT molecular complexity index is 2240. The Morgan fingerprint density at radius 3 is 2.45 bits per heavy atom. The van der Waals surface area contributed by atoms with Gasteiger partial charge in [-0.05, 0) is 116 Å². The van der Waals surface area contributed by atoms with Crippen LogP contribution in [-0.2, 0) is 20.9 Å². The molecule has 13 nitrogen and oxygen atoms in total. The zero-order valence-corrected chi connectivity index (χ0v) is 38.5. The summed E-state index contributed by atoms with van der Waals surface area (Å²) in [6, 6.07) is 16.1. The van der Waals surface area contributed by atoms with Crippen LogP contribution in [0.3, 0.4) is 0 Å². The van der Waals surface area contributed by atoms with E-state index in [-0.39, 0.29) is 56.8 Å². The van der Waals surface area contributed by atoms with Crippen molar-refractivity contribution in [2.75, 3.05) is 40.3 Å². The number of hydrogen-bond acceptors (Lipinski definition) is 12. The van der Waals surface area contributed by atoms with Gasteiger partial charge in [-0.2, -0.15) is 0 Å². The summed E-state index contributed by atoms with van der Waals surface area (Å²) >= 11 is 0. The van der Waals surface area contributed by atoms with E-state index < -0.39 is 17.7 Å². The molecule has 0 radical (unpaired) electrons. The molecule has 6 unspecified atom stereocenters. The van der Waals surface area contributed by atoms with Crippen LogP contribution in [0.1, 0.15) is 118 Å². The molecule has 2 heterocycles. The van der Waals surface area contributed by atoms with Crippen molar-refractivity contribution < 1.29 is 53.1 Å². The quantitative estimate of drug-likeness (QED) is 0.0405. The van der Waals surface area contributed by atoms with Gasteiger partial charge < -0.3 is 48.4 Å². The Morgan fingerprint density at radius 2 is 1.70 bits per heavy atom. The minimum Gasteiger partial charge on any atom is -0.496 e. The summed E-state index contributed by atoms with van der Waals surface area (Å²) in [7, 11) is 1.52. The number of nitrogens with zero attached hydrogens (tertiary/aromatic N) is 2. The number of aldehydes is 1. The number of methoxy groups -OCH3 is 1. The van der Waals surface area contributed by atoms with Gasteiger partial charge >= 0.3 is 0 Å². The first-order valence-electron chi connectivity index (χ1n) is 24.0. The van der Waals surface area contributed by atoms with E-state index in [4.69, 9.17) is 38.4 Å². The number of fused-ring (bicyclic) bond motifs is 3. The SMILES string of the molecule is C=CCOC12Oc3ccc(Oc4ccc(OC)c(C=O)c4)cc3C3C(CCCCO)C(CCCCO)C=C(C(=NOCC)CC1N(Cc1ccc4c(c1)OCO4)C(=O)CCC1CCCC1)C32. The molecule has 3 aromatic carbocycles. The van der Waals surface area contributed by atoms with Crippen LogP contribution in [0, 0.1) is 23.7 Å². The molecule has 3 aromatic rings. The summed E-state index contributed by atoms with van der Waals surface area (Å²) in [5, 5.41) is 24.9. The molecule has 2 aliphatic heterocycles. The summed E-state index contributed by atoms with van der Waals surface area (Å²) in [6.07, 6.45) is 15.5. The molecule has 0 saturated heterocycles. The van der Waals surface area contributed by atoms with Crippen LogP contribution >= 0.6 is 0 Å². The zero-order chi connectivity index (χ0) is 46.0. The van der Waals surface area contributed by atoms with E-state index in [1.807, 2.05) is 48.2 Å². The Kier molecular flexibility index (Phi) is 15.7. The number of hydrogen-bond donors (Lipinski definition) is 2. The number of carbonyl (C=O) groups is 2. The lowest BCUT2D eigenvalue weighted by Gasteiger charge is -2.60. The summed E-state index contributed by atoms with van der Waals surface area (Å²) in [6.45, 7) is 7.10. The lowest BCUT2D eigenvalue weighted by Crippen LogP contribution is -2.70. The molecule has 2 N–H and O–H groups in total. The Balaban J connectivity index is 1.31. The number of unbranched alkanes of at least 4 members (excludes halogenated alkanes) is 2. The molecule has 8 rings (SSSR count). The highest BCUT2D eigenvalue weighted by Crippen LogP contribution is 2.62. The number of oxime groups is 1. The largest absolute Gasteiger partial charge is 0.496 e. The van der Waals surface area contributed by atoms with E-state index in [9.17, 15) is 15.0 Å². The summed E-state index contributed by atoms with van der Waals surface area (Å²) in [4.78, 5) is 35.2. The van der Waals surface area contributed by atoms with Crippen LogP contribution in [0.5, 0.6) is 34.5 Å². The van der Waals surface area contributed by atoms with Gasteiger partial charge in [-0.25, -0.2) is 0 Å². The van der Waals surface area contributed by atoms with E-state index in [0.29, 0.717) is 78.3 Å². The van der Waals surface area contributed by atoms with Gasteiger partial charge in [0.25, 0.3) is 0 Å². The van der Waals surface area contributed by atoms with Crippen molar-refractivity contribution in [3.63, 3.8) is 0 Å². The predicted molar refractivity (Wildman–Crippen MR) is 249 cm³/mol. The maximum Gasteiger partial charge on any atom is 0.239 e. The monoisotopic (exact) mass is 906 g/mol. The molecule has 2 fully saturated rings. The molecule has 354 valence electrons. The molecular weight excluding hydrogens is 841 g/mol. The second-order valence-corrected chi connectivity index (χ2v) is 18.2. The van der Waals surface area contributed by atoms with E-state index in [2.05, 4.69) is 12.7 Å². The number of amides is 1. The van der Waals surface area contributed by atoms with Crippen molar-refractivity contribution in [3.05, 3.63) is 95.6 Å². The van der Waals surface area contributed by atoms with Gasteiger partial charge in [0, 0.05) is 44.1 Å². The molecule has 5 aliphatic rings. The van der Waals surface area contributed by atoms with Crippen LogP contribution in [0.4, 0.5) is 0 Å². The topological polar surface area (TPSA) is 155 Å². The standard InChI is InChI=1S/C53H66N2O11/c1-4-26-63-53-49(55(50(59)23-17-35-12-6-7-13-35)32-36-16-20-47-48(27-36)62-34-61-47)31-44(54-64-5-2)42-29-37(14-8-10-24-56)41(15-9-11-25-57)51(52(42)53)43-30-40(19-22-46(43)66-53)65-39-18-21-45(60-3)38(28-39)33-58/h4,16,18-22,27-30,33,35,37,41,49,51-52,56-57H,1,5-15,17,23-26,31-32,34H2,2-3H3. The van der Waals surface area contributed by atoms with E-state index >= 15 is 4.79 Å². The number of carbonyl (C=O) groups excluding carboxylic acids is 2.